The number of nitrogens with zero attached hydrogens (tertiary/aromatic N) is 1. The summed E-state index contributed by atoms with van der Waals surface area (Å²) in [6, 6.07) is 10.9. The fourth-order valence-corrected chi connectivity index (χ4v) is 3.78. The number of ketones is 1. The molecule has 2 aliphatic rings. The Morgan fingerprint density at radius 3 is 2.76 bits per heavy atom. The molecule has 25 heavy (non-hydrogen) atoms. The number of halogens is 1. The van der Waals surface area contributed by atoms with Gasteiger partial charge in [0.25, 0.3) is 0 Å². The van der Waals surface area contributed by atoms with Crippen molar-refractivity contribution in [2.75, 3.05) is 13.1 Å². The summed E-state index contributed by atoms with van der Waals surface area (Å²) in [5, 5.41) is 10.3. The maximum Gasteiger partial charge on any atom is 0.231 e. The first-order chi connectivity index (χ1) is 12.1. The minimum atomic E-state index is -0.141. The molecule has 0 spiro atoms. The molecule has 4 rings (SSSR count). The van der Waals surface area contributed by atoms with Crippen molar-refractivity contribution >= 4 is 27.8 Å². The molecule has 0 radical (unpaired) electrons. The van der Waals surface area contributed by atoms with Crippen molar-refractivity contribution in [3.05, 3.63) is 63.3 Å². The zero-order valence-electron chi connectivity index (χ0n) is 13.7. The van der Waals surface area contributed by atoms with Gasteiger partial charge in [-0.1, -0.05) is 28.1 Å². The standard InChI is InChI=1S/C20H18BrNO3/c21-14-5-3-4-13(10-14)11-18-19(24)15-6-7-17(23)16(20(15)25-18)12-22-8-1-2-9-22/h3-7,10-11,23H,1-2,8-9,12H2/b18-11+. The van der Waals surface area contributed by atoms with E-state index in [2.05, 4.69) is 20.8 Å². The number of ether oxygens (including phenoxy) is 1. The second-order valence-electron chi connectivity index (χ2n) is 6.42. The molecular weight excluding hydrogens is 382 g/mol. The highest BCUT2D eigenvalue weighted by molar-refractivity contribution is 9.10. The lowest BCUT2D eigenvalue weighted by Crippen LogP contribution is -2.18. The van der Waals surface area contributed by atoms with Crippen LogP contribution in [0.5, 0.6) is 11.5 Å². The molecule has 1 N–H and O–H groups in total. The molecule has 0 atom stereocenters. The van der Waals surface area contributed by atoms with E-state index in [0.717, 1.165) is 23.1 Å². The molecule has 4 nitrogen and oxygen atoms in total. The van der Waals surface area contributed by atoms with Gasteiger partial charge < -0.3 is 9.84 Å². The smallest absolute Gasteiger partial charge is 0.231 e. The zero-order valence-corrected chi connectivity index (χ0v) is 15.3. The first-order valence-corrected chi connectivity index (χ1v) is 9.18. The Bertz CT molecular complexity index is 869. The molecular formula is C20H18BrNO3. The van der Waals surface area contributed by atoms with Crippen LogP contribution in [0.1, 0.15) is 34.3 Å². The molecule has 2 heterocycles. The normalized spacial score (nSPS) is 18.6. The van der Waals surface area contributed by atoms with Crippen LogP contribution in [-0.2, 0) is 6.54 Å². The molecule has 0 aromatic heterocycles. The number of allylic oxidation sites excluding steroid dienone is 1. The van der Waals surface area contributed by atoms with Gasteiger partial charge in [0.2, 0.25) is 5.78 Å². The van der Waals surface area contributed by atoms with E-state index >= 15 is 0 Å². The Morgan fingerprint density at radius 2 is 2.00 bits per heavy atom. The molecule has 0 bridgehead atoms. The number of hydrogen-bond acceptors (Lipinski definition) is 4. The van der Waals surface area contributed by atoms with Crippen molar-refractivity contribution in [3.63, 3.8) is 0 Å². The molecule has 0 saturated carbocycles. The number of carbonyl (C=O) groups is 1. The van der Waals surface area contributed by atoms with Gasteiger partial charge in [-0.25, -0.2) is 0 Å². The molecule has 0 aliphatic carbocycles. The second-order valence-corrected chi connectivity index (χ2v) is 7.33. The lowest BCUT2D eigenvalue weighted by Gasteiger charge is -2.17. The Kier molecular flexibility index (Phi) is 4.36. The summed E-state index contributed by atoms with van der Waals surface area (Å²) in [4.78, 5) is 15.0. The summed E-state index contributed by atoms with van der Waals surface area (Å²) >= 11 is 3.43. The number of carbonyl (C=O) groups excluding carboxylic acids is 1. The van der Waals surface area contributed by atoms with Gasteiger partial charge in [-0.3, -0.25) is 9.69 Å². The molecule has 2 aliphatic heterocycles. The van der Waals surface area contributed by atoms with Crippen LogP contribution in [0.4, 0.5) is 0 Å². The largest absolute Gasteiger partial charge is 0.507 e. The topological polar surface area (TPSA) is 49.8 Å². The second kappa shape index (κ2) is 6.65. The van der Waals surface area contributed by atoms with Crippen molar-refractivity contribution in [3.8, 4) is 11.5 Å². The summed E-state index contributed by atoms with van der Waals surface area (Å²) in [6.45, 7) is 2.63. The number of hydrogen-bond donors (Lipinski definition) is 1. The fourth-order valence-electron chi connectivity index (χ4n) is 3.36. The molecule has 1 fully saturated rings. The third-order valence-electron chi connectivity index (χ3n) is 4.64. The Balaban J connectivity index is 1.68. The number of aromatic hydroxyl groups is 1. The Hall–Kier alpha value is -2.11. The average Bonchev–Trinajstić information content (AvgIpc) is 3.20. The summed E-state index contributed by atoms with van der Waals surface area (Å²) in [5.74, 6) is 0.833. The van der Waals surface area contributed by atoms with Crippen LogP contribution >= 0.6 is 15.9 Å². The molecule has 5 heteroatoms. The average molecular weight is 400 g/mol. The minimum Gasteiger partial charge on any atom is -0.507 e. The van der Waals surface area contributed by atoms with Crippen molar-refractivity contribution in [1.29, 1.82) is 0 Å². The SMILES string of the molecule is O=C1/C(=C\c2cccc(Br)c2)Oc2c1ccc(O)c2CN1CCCC1. The van der Waals surface area contributed by atoms with Gasteiger partial charge >= 0.3 is 0 Å². The van der Waals surface area contributed by atoms with Gasteiger partial charge in [-0.15, -0.1) is 0 Å². The Morgan fingerprint density at radius 1 is 1.20 bits per heavy atom. The molecule has 2 aromatic rings. The van der Waals surface area contributed by atoms with Gasteiger partial charge in [-0.2, -0.15) is 0 Å². The summed E-state index contributed by atoms with van der Waals surface area (Å²) < 4.78 is 6.84. The third-order valence-corrected chi connectivity index (χ3v) is 5.14. The highest BCUT2D eigenvalue weighted by Gasteiger charge is 2.31. The number of Topliss-reactive ketones (excluding diaryl/α,β-unsaturated/α-hetero) is 1. The number of benzene rings is 2. The van der Waals surface area contributed by atoms with E-state index in [1.165, 1.54) is 12.8 Å². The van der Waals surface area contributed by atoms with Gasteiger partial charge in [0.05, 0.1) is 11.1 Å². The molecule has 0 amide bonds. The van der Waals surface area contributed by atoms with E-state index in [4.69, 9.17) is 4.74 Å². The lowest BCUT2D eigenvalue weighted by molar-refractivity contribution is 0.101. The monoisotopic (exact) mass is 399 g/mol. The molecule has 1 saturated heterocycles. The third kappa shape index (κ3) is 3.22. The summed E-state index contributed by atoms with van der Waals surface area (Å²) in [7, 11) is 0. The maximum atomic E-state index is 12.7. The van der Waals surface area contributed by atoms with Crippen LogP contribution < -0.4 is 4.74 Å². The zero-order chi connectivity index (χ0) is 17.4. The van der Waals surface area contributed by atoms with Crippen LogP contribution in [0.2, 0.25) is 0 Å². The van der Waals surface area contributed by atoms with E-state index in [0.29, 0.717) is 29.2 Å². The van der Waals surface area contributed by atoms with Crippen molar-refractivity contribution < 1.29 is 14.6 Å². The molecule has 0 unspecified atom stereocenters. The number of fused-ring (bicyclic) bond motifs is 1. The number of rotatable bonds is 3. The first kappa shape index (κ1) is 16.4. The summed E-state index contributed by atoms with van der Waals surface area (Å²) in [5.41, 5.74) is 2.11. The maximum absolute atomic E-state index is 12.7. The van der Waals surface area contributed by atoms with Crippen LogP contribution in [0.3, 0.4) is 0 Å². The van der Waals surface area contributed by atoms with E-state index in [9.17, 15) is 9.90 Å². The van der Waals surface area contributed by atoms with E-state index in [-0.39, 0.29) is 11.5 Å². The number of likely N-dealkylation sites (tertiary alicyclic amines) is 1. The quantitative estimate of drug-likeness (QED) is 0.778. The minimum absolute atomic E-state index is 0.141. The van der Waals surface area contributed by atoms with E-state index in [1.54, 1.807) is 18.2 Å². The number of phenolic OH excluding ortho intramolecular Hbond substituents is 1. The van der Waals surface area contributed by atoms with Crippen molar-refractivity contribution in [1.82, 2.24) is 4.90 Å². The fraction of sp³-hybridized carbons (Fsp3) is 0.250. The van der Waals surface area contributed by atoms with Gasteiger partial charge in [-0.05, 0) is 61.8 Å². The highest BCUT2D eigenvalue weighted by Crippen LogP contribution is 2.40. The molecule has 2 aromatic carbocycles. The van der Waals surface area contributed by atoms with Crippen molar-refractivity contribution in [2.45, 2.75) is 19.4 Å². The van der Waals surface area contributed by atoms with Crippen LogP contribution in [0, 0.1) is 0 Å². The van der Waals surface area contributed by atoms with Gasteiger partial charge in [0.15, 0.2) is 5.76 Å². The predicted molar refractivity (Wildman–Crippen MR) is 99.7 cm³/mol. The lowest BCUT2D eigenvalue weighted by atomic mass is 10.0. The van der Waals surface area contributed by atoms with E-state index in [1.807, 2.05) is 24.3 Å². The number of phenols is 1. The first-order valence-electron chi connectivity index (χ1n) is 8.39. The van der Waals surface area contributed by atoms with Crippen LogP contribution in [0.25, 0.3) is 6.08 Å². The van der Waals surface area contributed by atoms with Crippen LogP contribution in [0.15, 0.2) is 46.6 Å². The highest BCUT2D eigenvalue weighted by atomic mass is 79.9. The van der Waals surface area contributed by atoms with Crippen LogP contribution in [-0.4, -0.2) is 28.9 Å². The predicted octanol–water partition coefficient (Wildman–Crippen LogP) is 4.37. The molecule has 128 valence electrons. The van der Waals surface area contributed by atoms with Crippen molar-refractivity contribution in [2.24, 2.45) is 0 Å². The summed E-state index contributed by atoms with van der Waals surface area (Å²) in [6.07, 6.45) is 4.08. The van der Waals surface area contributed by atoms with Gasteiger partial charge in [0, 0.05) is 11.0 Å². The Labute approximate surface area is 154 Å². The van der Waals surface area contributed by atoms with Gasteiger partial charge in [0.1, 0.15) is 11.5 Å². The van der Waals surface area contributed by atoms with E-state index < -0.39 is 0 Å².